The number of hydrogen-bond donors (Lipinski definition) is 5. The monoisotopic (exact) mass is 199 g/mol. The molecule has 6 heteroatoms. The lowest BCUT2D eigenvalue weighted by molar-refractivity contribution is -0.0894. The van der Waals surface area contributed by atoms with Crippen molar-refractivity contribution in [3.05, 3.63) is 0 Å². The first-order chi connectivity index (χ1) is 5.13. The van der Waals surface area contributed by atoms with Crippen LogP contribution in [0.4, 0.5) is 0 Å². The second-order valence-electron chi connectivity index (χ2n) is 2.77. The Bertz CT molecular complexity index is 123. The summed E-state index contributed by atoms with van der Waals surface area (Å²) in [7, 11) is 0. The molecule has 0 spiro atoms. The molecule has 1 aliphatic rings. The van der Waals surface area contributed by atoms with E-state index < -0.39 is 24.4 Å². The van der Waals surface area contributed by atoms with Crippen LogP contribution in [0.2, 0.25) is 0 Å². The summed E-state index contributed by atoms with van der Waals surface area (Å²) in [5, 5.41) is 39.0. The van der Waals surface area contributed by atoms with Gasteiger partial charge in [0.25, 0.3) is 0 Å². The summed E-state index contributed by atoms with van der Waals surface area (Å²) >= 11 is 0. The lowest BCUT2D eigenvalue weighted by Crippen LogP contribution is -2.43. The molecule has 12 heavy (non-hydrogen) atoms. The number of rotatable bonds is 0. The van der Waals surface area contributed by atoms with Gasteiger partial charge in [-0.1, -0.05) is 0 Å². The van der Waals surface area contributed by atoms with Crippen LogP contribution in [0.15, 0.2) is 0 Å². The third-order valence-electron chi connectivity index (χ3n) is 1.85. The summed E-state index contributed by atoms with van der Waals surface area (Å²) < 4.78 is 0. The van der Waals surface area contributed by atoms with E-state index in [1.807, 2.05) is 0 Å². The first kappa shape index (κ1) is 12.1. The molecule has 0 unspecified atom stereocenters. The van der Waals surface area contributed by atoms with Crippen molar-refractivity contribution in [2.24, 2.45) is 0 Å². The van der Waals surface area contributed by atoms with Crippen LogP contribution in [-0.2, 0) is 0 Å². The largest absolute Gasteiger partial charge is 0.389 e. The lowest BCUT2D eigenvalue weighted by Gasteiger charge is -2.21. The highest BCUT2D eigenvalue weighted by Crippen LogP contribution is 2.07. The predicted molar refractivity (Wildman–Crippen MR) is 44.1 cm³/mol. The van der Waals surface area contributed by atoms with Crippen molar-refractivity contribution in [2.45, 2.75) is 24.4 Å². The minimum absolute atomic E-state index is 0. The van der Waals surface area contributed by atoms with Crippen LogP contribution in [-0.4, -0.2) is 57.9 Å². The Labute approximate surface area is 76.4 Å². The van der Waals surface area contributed by atoms with Crippen molar-refractivity contribution in [1.29, 1.82) is 0 Å². The molecule has 0 bridgehead atoms. The van der Waals surface area contributed by atoms with E-state index in [4.69, 9.17) is 20.4 Å². The normalized spacial score (nSPS) is 43.0. The average molecular weight is 200 g/mol. The zero-order valence-corrected chi connectivity index (χ0v) is 7.24. The maximum atomic E-state index is 9.10. The molecule has 0 aromatic carbocycles. The van der Waals surface area contributed by atoms with Gasteiger partial charge in [0.1, 0.15) is 12.2 Å². The van der Waals surface area contributed by atoms with Gasteiger partial charge in [-0.15, -0.1) is 12.4 Å². The molecule has 1 fully saturated rings. The Morgan fingerprint density at radius 1 is 0.833 bits per heavy atom. The van der Waals surface area contributed by atoms with E-state index in [0.29, 0.717) is 0 Å². The summed E-state index contributed by atoms with van der Waals surface area (Å²) in [4.78, 5) is 0. The third-order valence-corrected chi connectivity index (χ3v) is 1.85. The van der Waals surface area contributed by atoms with Crippen LogP contribution >= 0.6 is 12.4 Å². The summed E-state index contributed by atoms with van der Waals surface area (Å²) in [6, 6.07) is 0. The van der Waals surface area contributed by atoms with Crippen molar-refractivity contribution in [3.63, 3.8) is 0 Å². The second-order valence-corrected chi connectivity index (χ2v) is 2.77. The Hall–Kier alpha value is 0.0900. The van der Waals surface area contributed by atoms with Crippen molar-refractivity contribution < 1.29 is 20.4 Å². The molecule has 4 atom stereocenters. The van der Waals surface area contributed by atoms with E-state index in [1.165, 1.54) is 0 Å². The van der Waals surface area contributed by atoms with Gasteiger partial charge < -0.3 is 25.7 Å². The second kappa shape index (κ2) is 4.96. The Morgan fingerprint density at radius 2 is 1.17 bits per heavy atom. The molecule has 5 nitrogen and oxygen atoms in total. The topological polar surface area (TPSA) is 93.0 Å². The standard InChI is InChI=1S/C6H13NO4.ClH/c8-3-1-7-2-4(9)6(11)5(3)10;/h3-11H,1-2H2;1H/t3-,4-,5+,6+;/m0./s1. The SMILES string of the molecule is Cl.O[C@H]1[C@H](O)[C@@H](O)CNC[C@@H]1O. The Balaban J connectivity index is 0.00000121. The predicted octanol–water partition coefficient (Wildman–Crippen LogP) is -2.54. The summed E-state index contributed by atoms with van der Waals surface area (Å²) in [5.41, 5.74) is 0. The zero-order chi connectivity index (χ0) is 8.43. The fraction of sp³-hybridized carbons (Fsp3) is 1.00. The van der Waals surface area contributed by atoms with Gasteiger partial charge in [-0.05, 0) is 0 Å². The zero-order valence-electron chi connectivity index (χ0n) is 6.42. The highest BCUT2D eigenvalue weighted by molar-refractivity contribution is 5.85. The smallest absolute Gasteiger partial charge is 0.110 e. The first-order valence-corrected chi connectivity index (χ1v) is 3.56. The Kier molecular flexibility index (Phi) is 5.00. The van der Waals surface area contributed by atoms with Gasteiger partial charge in [0.05, 0.1) is 12.2 Å². The van der Waals surface area contributed by atoms with E-state index in [-0.39, 0.29) is 25.5 Å². The number of nitrogens with one attached hydrogen (secondary N) is 1. The van der Waals surface area contributed by atoms with Gasteiger partial charge in [-0.2, -0.15) is 0 Å². The van der Waals surface area contributed by atoms with Crippen molar-refractivity contribution in [3.8, 4) is 0 Å². The number of aliphatic hydroxyl groups is 4. The Morgan fingerprint density at radius 3 is 1.50 bits per heavy atom. The van der Waals surface area contributed by atoms with Crippen LogP contribution in [0, 0.1) is 0 Å². The van der Waals surface area contributed by atoms with Crippen LogP contribution in [0.3, 0.4) is 0 Å². The van der Waals surface area contributed by atoms with E-state index in [1.54, 1.807) is 0 Å². The van der Waals surface area contributed by atoms with Crippen LogP contribution < -0.4 is 5.32 Å². The van der Waals surface area contributed by atoms with Gasteiger partial charge in [0, 0.05) is 13.1 Å². The fourth-order valence-corrected chi connectivity index (χ4v) is 1.08. The average Bonchev–Trinajstić information content (AvgIpc) is 2.07. The summed E-state index contributed by atoms with van der Waals surface area (Å²) in [5.74, 6) is 0. The molecule has 0 radical (unpaired) electrons. The molecule has 1 rings (SSSR count). The third kappa shape index (κ3) is 2.55. The first-order valence-electron chi connectivity index (χ1n) is 3.56. The molecule has 1 heterocycles. The van der Waals surface area contributed by atoms with E-state index in [0.717, 1.165) is 0 Å². The van der Waals surface area contributed by atoms with Crippen LogP contribution in [0.5, 0.6) is 0 Å². The molecule has 1 aliphatic heterocycles. The van der Waals surface area contributed by atoms with Crippen LogP contribution in [0.1, 0.15) is 0 Å². The number of β-amino-alcohol motifs (C(OH)–C–C–N with tert-alkyl or cyclic N) is 2. The molecule has 74 valence electrons. The quantitative estimate of drug-likeness (QED) is 0.296. The molecule has 0 aromatic rings. The summed E-state index contributed by atoms with van der Waals surface area (Å²) in [6.45, 7) is 0.380. The number of aliphatic hydroxyl groups excluding tert-OH is 4. The lowest BCUT2D eigenvalue weighted by atomic mass is 10.1. The van der Waals surface area contributed by atoms with Gasteiger partial charge in [0.15, 0.2) is 0 Å². The van der Waals surface area contributed by atoms with E-state index in [9.17, 15) is 0 Å². The van der Waals surface area contributed by atoms with Crippen molar-refractivity contribution in [1.82, 2.24) is 5.32 Å². The highest BCUT2D eigenvalue weighted by Gasteiger charge is 2.32. The molecule has 0 saturated carbocycles. The van der Waals surface area contributed by atoms with Crippen molar-refractivity contribution in [2.75, 3.05) is 13.1 Å². The minimum atomic E-state index is -1.26. The van der Waals surface area contributed by atoms with Gasteiger partial charge in [-0.25, -0.2) is 0 Å². The van der Waals surface area contributed by atoms with E-state index >= 15 is 0 Å². The molecular formula is C6H14ClNO4. The van der Waals surface area contributed by atoms with Gasteiger partial charge in [-0.3, -0.25) is 0 Å². The maximum absolute atomic E-state index is 9.10. The minimum Gasteiger partial charge on any atom is -0.389 e. The molecule has 5 N–H and O–H groups in total. The van der Waals surface area contributed by atoms with Gasteiger partial charge in [0.2, 0.25) is 0 Å². The number of halogens is 1. The van der Waals surface area contributed by atoms with Gasteiger partial charge >= 0.3 is 0 Å². The fourth-order valence-electron chi connectivity index (χ4n) is 1.08. The molecular weight excluding hydrogens is 186 g/mol. The summed E-state index contributed by atoms with van der Waals surface area (Å²) in [6.07, 6.45) is -4.55. The molecule has 0 aliphatic carbocycles. The van der Waals surface area contributed by atoms with E-state index in [2.05, 4.69) is 5.32 Å². The van der Waals surface area contributed by atoms with Crippen LogP contribution in [0.25, 0.3) is 0 Å². The maximum Gasteiger partial charge on any atom is 0.110 e. The molecule has 1 saturated heterocycles. The number of hydrogen-bond acceptors (Lipinski definition) is 5. The molecule has 0 amide bonds. The van der Waals surface area contributed by atoms with Crippen molar-refractivity contribution >= 4 is 12.4 Å². The highest BCUT2D eigenvalue weighted by atomic mass is 35.5. The molecule has 0 aromatic heterocycles.